The van der Waals surface area contributed by atoms with Gasteiger partial charge in [0, 0.05) is 11.6 Å². The summed E-state index contributed by atoms with van der Waals surface area (Å²) in [5, 5.41) is 2.25. The molecule has 0 radical (unpaired) electrons. The maximum Gasteiger partial charge on any atom is 0.0444 e. The molecule has 0 fully saturated rings. The lowest BCUT2D eigenvalue weighted by Crippen LogP contribution is -2.21. The van der Waals surface area contributed by atoms with Crippen molar-refractivity contribution in [2.45, 2.75) is 84.0 Å². The Morgan fingerprint density at radius 2 is 1.67 bits per heavy atom. The van der Waals surface area contributed by atoms with E-state index >= 15 is 0 Å². The van der Waals surface area contributed by atoms with Crippen LogP contribution in [0.15, 0.2) is 11.6 Å². The second kappa shape index (κ2) is 8.68. The van der Waals surface area contributed by atoms with E-state index in [0.29, 0.717) is 5.41 Å². The summed E-state index contributed by atoms with van der Waals surface area (Å²) in [6, 6.07) is 0. The maximum absolute atomic E-state index is 4.30. The molecule has 1 unspecified atom stereocenters. The fourth-order valence-corrected chi connectivity index (χ4v) is 3.30. The van der Waals surface area contributed by atoms with Gasteiger partial charge in [0.1, 0.15) is 0 Å². The van der Waals surface area contributed by atoms with E-state index in [1.807, 2.05) is 0 Å². The number of rotatable bonds is 10. The predicted molar refractivity (Wildman–Crippen MR) is 82.4 cm³/mol. The van der Waals surface area contributed by atoms with Crippen LogP contribution in [0, 0.1) is 0 Å². The molecular formula is C16H29NS. The Morgan fingerprint density at radius 3 is 2.28 bits per heavy atom. The Morgan fingerprint density at radius 1 is 1.00 bits per heavy atom. The van der Waals surface area contributed by atoms with E-state index in [9.17, 15) is 0 Å². The summed E-state index contributed by atoms with van der Waals surface area (Å²) < 4.78 is 4.30. The van der Waals surface area contributed by atoms with Crippen LogP contribution in [0.1, 0.15) is 84.1 Å². The zero-order chi connectivity index (χ0) is 13.3. The third-order valence-corrected chi connectivity index (χ3v) is 4.63. The minimum Gasteiger partial charge on any atom is -0.201 e. The Hall–Kier alpha value is -0.370. The first-order chi connectivity index (χ1) is 8.73. The van der Waals surface area contributed by atoms with Crippen LogP contribution in [0.3, 0.4) is 0 Å². The molecule has 0 saturated heterocycles. The fourth-order valence-electron chi connectivity index (χ4n) is 2.60. The van der Waals surface area contributed by atoms with Crippen molar-refractivity contribution in [3.05, 3.63) is 17.1 Å². The predicted octanol–water partition coefficient (Wildman–Crippen LogP) is 5.95. The number of aromatic nitrogens is 1. The summed E-state index contributed by atoms with van der Waals surface area (Å²) in [5.41, 5.74) is 1.84. The summed E-state index contributed by atoms with van der Waals surface area (Å²) in [7, 11) is 0. The van der Waals surface area contributed by atoms with E-state index in [2.05, 4.69) is 36.7 Å². The highest BCUT2D eigenvalue weighted by molar-refractivity contribution is 7.03. The molecule has 0 aliphatic carbocycles. The van der Waals surface area contributed by atoms with Crippen molar-refractivity contribution in [3.8, 4) is 0 Å². The third kappa shape index (κ3) is 5.09. The first-order valence-electron chi connectivity index (χ1n) is 7.63. The maximum atomic E-state index is 4.30. The minimum absolute atomic E-state index is 0.370. The van der Waals surface area contributed by atoms with Gasteiger partial charge in [0.25, 0.3) is 0 Å². The molecule has 2 heteroatoms. The van der Waals surface area contributed by atoms with Gasteiger partial charge in [0.05, 0.1) is 0 Å². The normalized spacial score (nSPS) is 14.6. The molecule has 0 bridgehead atoms. The average molecular weight is 267 g/mol. The number of nitrogens with zero attached hydrogens (tertiary/aromatic N) is 1. The van der Waals surface area contributed by atoms with Crippen LogP contribution in [0.2, 0.25) is 0 Å². The van der Waals surface area contributed by atoms with Crippen LogP contribution in [-0.2, 0) is 5.41 Å². The van der Waals surface area contributed by atoms with Crippen LogP contribution in [-0.4, -0.2) is 4.37 Å². The molecular weight excluding hydrogens is 238 g/mol. The highest BCUT2D eigenvalue weighted by Gasteiger charge is 2.26. The number of hydrogen-bond donors (Lipinski definition) is 0. The lowest BCUT2D eigenvalue weighted by atomic mass is 9.76. The molecule has 0 aliphatic heterocycles. The van der Waals surface area contributed by atoms with Crippen molar-refractivity contribution in [3.63, 3.8) is 0 Å². The van der Waals surface area contributed by atoms with Crippen LogP contribution in [0.4, 0.5) is 0 Å². The second-order valence-corrected chi connectivity index (χ2v) is 6.40. The molecule has 1 nitrogen and oxygen atoms in total. The van der Waals surface area contributed by atoms with E-state index in [4.69, 9.17) is 0 Å². The van der Waals surface area contributed by atoms with Gasteiger partial charge in [-0.2, -0.15) is 0 Å². The smallest absolute Gasteiger partial charge is 0.0444 e. The first-order valence-corrected chi connectivity index (χ1v) is 8.46. The number of unbranched alkanes of at least 4 members (excludes halogenated alkanes) is 5. The van der Waals surface area contributed by atoms with Gasteiger partial charge in [-0.1, -0.05) is 65.7 Å². The second-order valence-electron chi connectivity index (χ2n) is 5.74. The van der Waals surface area contributed by atoms with Gasteiger partial charge in [-0.25, -0.2) is 4.37 Å². The lowest BCUT2D eigenvalue weighted by Gasteiger charge is -2.29. The summed E-state index contributed by atoms with van der Waals surface area (Å²) in [4.78, 5) is 0. The van der Waals surface area contributed by atoms with E-state index < -0.39 is 0 Å². The minimum atomic E-state index is 0.370. The number of hydrogen-bond acceptors (Lipinski definition) is 2. The molecule has 1 rings (SSSR count). The summed E-state index contributed by atoms with van der Waals surface area (Å²) >= 11 is 1.60. The third-order valence-electron chi connectivity index (χ3n) is 4.04. The molecule has 1 heterocycles. The van der Waals surface area contributed by atoms with Crippen LogP contribution >= 0.6 is 11.5 Å². The standard InChI is InChI=1S/C16H29NS/c1-4-6-8-9-10-12-16(3,11-7-5-2)15-13-17-18-14-15/h13-14H,4-12H2,1-3H3. The van der Waals surface area contributed by atoms with Crippen molar-refractivity contribution in [2.24, 2.45) is 0 Å². The zero-order valence-corrected chi connectivity index (χ0v) is 13.2. The van der Waals surface area contributed by atoms with E-state index in [-0.39, 0.29) is 0 Å². The molecule has 1 aromatic rings. The summed E-state index contributed by atoms with van der Waals surface area (Å²) in [5.74, 6) is 0. The Kier molecular flexibility index (Phi) is 7.57. The molecule has 1 atom stereocenters. The fraction of sp³-hybridized carbons (Fsp3) is 0.812. The molecule has 18 heavy (non-hydrogen) atoms. The van der Waals surface area contributed by atoms with Gasteiger partial charge in [-0.15, -0.1) is 0 Å². The van der Waals surface area contributed by atoms with Gasteiger partial charge in [0.15, 0.2) is 0 Å². The molecule has 0 N–H and O–H groups in total. The van der Waals surface area contributed by atoms with Gasteiger partial charge >= 0.3 is 0 Å². The summed E-state index contributed by atoms with van der Waals surface area (Å²) in [6.45, 7) is 7.00. The molecule has 0 aliphatic rings. The van der Waals surface area contributed by atoms with Crippen LogP contribution in [0.5, 0.6) is 0 Å². The van der Waals surface area contributed by atoms with Gasteiger partial charge in [0.2, 0.25) is 0 Å². The molecule has 104 valence electrons. The molecule has 1 aromatic heterocycles. The first kappa shape index (κ1) is 15.7. The highest BCUT2D eigenvalue weighted by atomic mass is 32.1. The van der Waals surface area contributed by atoms with Gasteiger partial charge < -0.3 is 0 Å². The van der Waals surface area contributed by atoms with Crippen LogP contribution < -0.4 is 0 Å². The van der Waals surface area contributed by atoms with Crippen molar-refractivity contribution in [1.29, 1.82) is 0 Å². The molecule has 0 aromatic carbocycles. The van der Waals surface area contributed by atoms with Crippen LogP contribution in [0.25, 0.3) is 0 Å². The van der Waals surface area contributed by atoms with E-state index in [1.54, 1.807) is 11.5 Å². The monoisotopic (exact) mass is 267 g/mol. The highest BCUT2D eigenvalue weighted by Crippen LogP contribution is 2.35. The molecule has 0 saturated carbocycles. The zero-order valence-electron chi connectivity index (χ0n) is 12.4. The SMILES string of the molecule is CCCCCCCC(C)(CCCC)c1cnsc1. The van der Waals surface area contributed by atoms with Gasteiger partial charge in [-0.05, 0) is 35.4 Å². The summed E-state index contributed by atoms with van der Waals surface area (Å²) in [6.07, 6.45) is 14.3. The van der Waals surface area contributed by atoms with Crippen molar-refractivity contribution in [1.82, 2.24) is 4.37 Å². The van der Waals surface area contributed by atoms with E-state index in [1.165, 1.54) is 63.4 Å². The Bertz CT molecular complexity index is 294. The molecule has 0 spiro atoms. The van der Waals surface area contributed by atoms with Crippen molar-refractivity contribution in [2.75, 3.05) is 0 Å². The Balaban J connectivity index is 2.45. The van der Waals surface area contributed by atoms with Crippen molar-refractivity contribution >= 4 is 11.5 Å². The van der Waals surface area contributed by atoms with E-state index in [0.717, 1.165) is 0 Å². The lowest BCUT2D eigenvalue weighted by molar-refractivity contribution is 0.369. The average Bonchev–Trinajstić information content (AvgIpc) is 2.90. The van der Waals surface area contributed by atoms with Crippen molar-refractivity contribution < 1.29 is 0 Å². The topological polar surface area (TPSA) is 12.9 Å². The quantitative estimate of drug-likeness (QED) is 0.477. The molecule has 0 amide bonds. The Labute approximate surface area is 117 Å². The largest absolute Gasteiger partial charge is 0.201 e. The van der Waals surface area contributed by atoms with Gasteiger partial charge in [-0.3, -0.25) is 0 Å².